The summed E-state index contributed by atoms with van der Waals surface area (Å²) < 4.78 is 9.61. The van der Waals surface area contributed by atoms with Crippen LogP contribution in [0.3, 0.4) is 0 Å². The Bertz CT molecular complexity index is 243. The lowest BCUT2D eigenvalue weighted by Crippen LogP contribution is -2.28. The summed E-state index contributed by atoms with van der Waals surface area (Å²) in [5.74, 6) is -1.13. The second-order valence-electron chi connectivity index (χ2n) is 3.31. The molecule has 0 aromatic rings. The monoisotopic (exact) mass is 200 g/mol. The van der Waals surface area contributed by atoms with Gasteiger partial charge in [-0.05, 0) is 27.7 Å². The van der Waals surface area contributed by atoms with E-state index in [1.807, 2.05) is 0 Å². The lowest BCUT2D eigenvalue weighted by molar-refractivity contribution is -0.167. The molecule has 4 heteroatoms. The summed E-state index contributed by atoms with van der Waals surface area (Å²) >= 11 is 0. The molecule has 14 heavy (non-hydrogen) atoms. The molecule has 0 heterocycles. The zero-order chi connectivity index (χ0) is 11.3. The van der Waals surface area contributed by atoms with Crippen LogP contribution in [0.15, 0.2) is 12.2 Å². The summed E-state index contributed by atoms with van der Waals surface area (Å²) in [5, 5.41) is 0. The first-order valence-corrected chi connectivity index (χ1v) is 4.41. The maximum atomic E-state index is 11.2. The molecular formula is C10H16O4. The second kappa shape index (κ2) is 5.42. The van der Waals surface area contributed by atoms with Gasteiger partial charge in [-0.2, -0.15) is 0 Å². The molecular weight excluding hydrogens is 184 g/mol. The fourth-order valence-electron chi connectivity index (χ4n) is 0.637. The number of carbonyl (C=O) groups excluding carboxylic acids is 2. The molecule has 0 rings (SSSR count). The van der Waals surface area contributed by atoms with Gasteiger partial charge in [0.25, 0.3) is 0 Å². The Labute approximate surface area is 83.9 Å². The number of carbonyl (C=O) groups is 2. The SMILES string of the molecule is C=C(C)C(=O)OC(C)C(=O)OC(C)C. The zero-order valence-corrected chi connectivity index (χ0v) is 8.99. The Morgan fingerprint density at radius 2 is 1.64 bits per heavy atom. The third-order valence-electron chi connectivity index (χ3n) is 1.32. The average Bonchev–Trinajstić information content (AvgIpc) is 2.02. The average molecular weight is 200 g/mol. The van der Waals surface area contributed by atoms with Crippen LogP contribution >= 0.6 is 0 Å². The van der Waals surface area contributed by atoms with Crippen molar-refractivity contribution in [2.45, 2.75) is 39.9 Å². The first-order valence-electron chi connectivity index (χ1n) is 4.41. The number of hydrogen-bond donors (Lipinski definition) is 0. The van der Waals surface area contributed by atoms with Crippen molar-refractivity contribution in [3.05, 3.63) is 12.2 Å². The molecule has 0 saturated carbocycles. The minimum Gasteiger partial charge on any atom is -0.460 e. The van der Waals surface area contributed by atoms with Gasteiger partial charge >= 0.3 is 11.9 Å². The Hall–Kier alpha value is -1.32. The number of rotatable bonds is 4. The summed E-state index contributed by atoms with van der Waals surface area (Å²) in [6, 6.07) is 0. The molecule has 0 aromatic heterocycles. The summed E-state index contributed by atoms with van der Waals surface area (Å²) in [4.78, 5) is 22.2. The van der Waals surface area contributed by atoms with Crippen LogP contribution < -0.4 is 0 Å². The highest BCUT2D eigenvalue weighted by Crippen LogP contribution is 2.02. The van der Waals surface area contributed by atoms with Crippen molar-refractivity contribution in [3.63, 3.8) is 0 Å². The molecule has 0 aliphatic heterocycles. The molecule has 1 atom stereocenters. The van der Waals surface area contributed by atoms with Gasteiger partial charge in [-0.1, -0.05) is 6.58 Å². The number of ether oxygens (including phenoxy) is 2. The van der Waals surface area contributed by atoms with Gasteiger partial charge in [0.1, 0.15) is 0 Å². The summed E-state index contributed by atoms with van der Waals surface area (Å²) in [6.07, 6.45) is -1.10. The summed E-state index contributed by atoms with van der Waals surface area (Å²) in [6.45, 7) is 9.84. The van der Waals surface area contributed by atoms with E-state index in [1.54, 1.807) is 13.8 Å². The highest BCUT2D eigenvalue weighted by atomic mass is 16.6. The van der Waals surface area contributed by atoms with E-state index in [1.165, 1.54) is 13.8 Å². The smallest absolute Gasteiger partial charge is 0.347 e. The normalized spacial score (nSPS) is 12.1. The van der Waals surface area contributed by atoms with Crippen LogP contribution in [-0.2, 0) is 19.1 Å². The quantitative estimate of drug-likeness (QED) is 0.509. The van der Waals surface area contributed by atoms with E-state index in [2.05, 4.69) is 6.58 Å². The highest BCUT2D eigenvalue weighted by Gasteiger charge is 2.20. The number of hydrogen-bond acceptors (Lipinski definition) is 4. The van der Waals surface area contributed by atoms with Crippen molar-refractivity contribution in [1.29, 1.82) is 0 Å². The van der Waals surface area contributed by atoms with Crippen LogP contribution in [0.25, 0.3) is 0 Å². The van der Waals surface area contributed by atoms with E-state index in [4.69, 9.17) is 9.47 Å². The van der Waals surface area contributed by atoms with E-state index in [9.17, 15) is 9.59 Å². The van der Waals surface area contributed by atoms with Crippen LogP contribution in [0.4, 0.5) is 0 Å². The van der Waals surface area contributed by atoms with Crippen molar-refractivity contribution in [1.82, 2.24) is 0 Å². The standard InChI is InChI=1S/C10H16O4/c1-6(2)9(11)14-8(5)10(12)13-7(3)4/h7-8H,1H2,2-5H3. The van der Waals surface area contributed by atoms with Gasteiger partial charge < -0.3 is 9.47 Å². The lowest BCUT2D eigenvalue weighted by atomic mass is 10.3. The molecule has 80 valence electrons. The maximum absolute atomic E-state index is 11.2. The molecule has 0 fully saturated rings. The molecule has 0 bridgehead atoms. The topological polar surface area (TPSA) is 52.6 Å². The van der Waals surface area contributed by atoms with E-state index < -0.39 is 18.0 Å². The molecule has 4 nitrogen and oxygen atoms in total. The molecule has 0 aromatic carbocycles. The summed E-state index contributed by atoms with van der Waals surface area (Å²) in [7, 11) is 0. The third-order valence-corrected chi connectivity index (χ3v) is 1.32. The predicted octanol–water partition coefficient (Wildman–Crippen LogP) is 1.45. The molecule has 0 aliphatic carbocycles. The molecule has 0 saturated heterocycles. The molecule has 0 spiro atoms. The van der Waals surface area contributed by atoms with Gasteiger partial charge in [0.05, 0.1) is 6.10 Å². The minimum absolute atomic E-state index is 0.214. The largest absolute Gasteiger partial charge is 0.460 e. The van der Waals surface area contributed by atoms with Crippen LogP contribution in [0.2, 0.25) is 0 Å². The van der Waals surface area contributed by atoms with E-state index >= 15 is 0 Å². The van der Waals surface area contributed by atoms with Gasteiger partial charge in [0, 0.05) is 5.57 Å². The Balaban J connectivity index is 4.08. The van der Waals surface area contributed by atoms with E-state index in [-0.39, 0.29) is 11.7 Å². The van der Waals surface area contributed by atoms with Crippen molar-refractivity contribution >= 4 is 11.9 Å². The highest BCUT2D eigenvalue weighted by molar-refractivity contribution is 5.89. The first-order chi connectivity index (χ1) is 6.34. The predicted molar refractivity (Wildman–Crippen MR) is 51.6 cm³/mol. The fraction of sp³-hybridized carbons (Fsp3) is 0.600. The molecule has 0 amide bonds. The van der Waals surface area contributed by atoms with Gasteiger partial charge in [0.15, 0.2) is 6.10 Å². The van der Waals surface area contributed by atoms with Crippen molar-refractivity contribution in [2.24, 2.45) is 0 Å². The Morgan fingerprint density at radius 1 is 1.14 bits per heavy atom. The zero-order valence-electron chi connectivity index (χ0n) is 8.99. The van der Waals surface area contributed by atoms with Gasteiger partial charge in [0.2, 0.25) is 0 Å². The molecule has 0 N–H and O–H groups in total. The lowest BCUT2D eigenvalue weighted by Gasteiger charge is -2.14. The Morgan fingerprint density at radius 3 is 2.00 bits per heavy atom. The van der Waals surface area contributed by atoms with Crippen LogP contribution in [-0.4, -0.2) is 24.1 Å². The van der Waals surface area contributed by atoms with Gasteiger partial charge in [-0.15, -0.1) is 0 Å². The molecule has 0 aliphatic rings. The second-order valence-corrected chi connectivity index (χ2v) is 3.31. The Kier molecular flexibility index (Phi) is 4.91. The molecule has 1 unspecified atom stereocenters. The third kappa shape index (κ3) is 4.64. The van der Waals surface area contributed by atoms with Crippen LogP contribution in [0.5, 0.6) is 0 Å². The first kappa shape index (κ1) is 12.7. The number of esters is 2. The molecule has 0 radical (unpaired) electrons. The van der Waals surface area contributed by atoms with Crippen molar-refractivity contribution < 1.29 is 19.1 Å². The van der Waals surface area contributed by atoms with Crippen LogP contribution in [0, 0.1) is 0 Å². The fourth-order valence-corrected chi connectivity index (χ4v) is 0.637. The minimum atomic E-state index is -0.887. The van der Waals surface area contributed by atoms with E-state index in [0.29, 0.717) is 0 Å². The summed E-state index contributed by atoms with van der Waals surface area (Å²) in [5.41, 5.74) is 0.259. The van der Waals surface area contributed by atoms with Crippen molar-refractivity contribution in [3.8, 4) is 0 Å². The van der Waals surface area contributed by atoms with Gasteiger partial charge in [-0.3, -0.25) is 0 Å². The van der Waals surface area contributed by atoms with Crippen LogP contribution in [0.1, 0.15) is 27.7 Å². The maximum Gasteiger partial charge on any atom is 0.347 e. The van der Waals surface area contributed by atoms with E-state index in [0.717, 1.165) is 0 Å². The van der Waals surface area contributed by atoms with Crippen molar-refractivity contribution in [2.75, 3.05) is 0 Å². The van der Waals surface area contributed by atoms with Gasteiger partial charge in [-0.25, -0.2) is 9.59 Å².